The number of rotatable bonds is 5. The van der Waals surface area contributed by atoms with Gasteiger partial charge in [0.25, 0.3) is 0 Å². The van der Waals surface area contributed by atoms with E-state index in [0.717, 1.165) is 20.3 Å². The van der Waals surface area contributed by atoms with Crippen molar-refractivity contribution in [1.29, 1.82) is 0 Å². The Morgan fingerprint density at radius 1 is 1.40 bits per heavy atom. The zero-order valence-electron chi connectivity index (χ0n) is 8.39. The second kappa shape index (κ2) is 6.48. The van der Waals surface area contributed by atoms with Crippen molar-refractivity contribution in [3.8, 4) is 5.75 Å². The van der Waals surface area contributed by atoms with Gasteiger partial charge in [-0.1, -0.05) is 15.9 Å². The lowest BCUT2D eigenvalue weighted by molar-refractivity contribution is 0.291. The van der Waals surface area contributed by atoms with E-state index in [1.54, 1.807) is 7.11 Å². The average molecular weight is 339 g/mol. The summed E-state index contributed by atoms with van der Waals surface area (Å²) < 4.78 is 7.20. The van der Waals surface area contributed by atoms with Crippen molar-refractivity contribution in [2.24, 2.45) is 0 Å². The standard InChI is InChI=1S/C10H13Br2NO2/c1-15-10-7(6-13-2-3-14)4-8(11)5-9(10)12/h4-5,13-14H,2-3,6H2,1H3. The maximum absolute atomic E-state index is 8.67. The molecule has 1 aromatic rings. The van der Waals surface area contributed by atoms with Gasteiger partial charge in [0.15, 0.2) is 0 Å². The van der Waals surface area contributed by atoms with Gasteiger partial charge in [0.05, 0.1) is 18.2 Å². The van der Waals surface area contributed by atoms with Gasteiger partial charge in [-0.2, -0.15) is 0 Å². The summed E-state index contributed by atoms with van der Waals surface area (Å²) in [5.74, 6) is 0.823. The highest BCUT2D eigenvalue weighted by atomic mass is 79.9. The Bertz CT molecular complexity index is 331. The first kappa shape index (κ1) is 13.0. The zero-order chi connectivity index (χ0) is 11.3. The summed E-state index contributed by atoms with van der Waals surface area (Å²) in [6.07, 6.45) is 0. The van der Waals surface area contributed by atoms with Crippen molar-refractivity contribution < 1.29 is 9.84 Å². The first-order chi connectivity index (χ1) is 7.19. The number of benzene rings is 1. The van der Waals surface area contributed by atoms with Crippen molar-refractivity contribution in [3.05, 3.63) is 26.6 Å². The Morgan fingerprint density at radius 3 is 2.73 bits per heavy atom. The molecule has 0 saturated carbocycles. The fraction of sp³-hybridized carbons (Fsp3) is 0.400. The molecule has 0 atom stereocenters. The molecule has 1 rings (SSSR count). The highest BCUT2D eigenvalue weighted by Crippen LogP contribution is 2.32. The Balaban J connectivity index is 2.84. The third-order valence-corrected chi connectivity index (χ3v) is 2.94. The van der Waals surface area contributed by atoms with Crippen LogP contribution >= 0.6 is 31.9 Å². The molecule has 2 N–H and O–H groups in total. The lowest BCUT2D eigenvalue weighted by Gasteiger charge is -2.11. The van der Waals surface area contributed by atoms with E-state index < -0.39 is 0 Å². The molecule has 0 aromatic heterocycles. The molecule has 0 aliphatic heterocycles. The molecule has 0 unspecified atom stereocenters. The fourth-order valence-corrected chi connectivity index (χ4v) is 2.75. The maximum atomic E-state index is 8.67. The van der Waals surface area contributed by atoms with Crippen molar-refractivity contribution in [3.63, 3.8) is 0 Å². The molecule has 84 valence electrons. The summed E-state index contributed by atoms with van der Waals surface area (Å²) in [6.45, 7) is 1.38. The number of methoxy groups -OCH3 is 1. The largest absolute Gasteiger partial charge is 0.495 e. The van der Waals surface area contributed by atoms with Gasteiger partial charge in [0.1, 0.15) is 5.75 Å². The monoisotopic (exact) mass is 337 g/mol. The van der Waals surface area contributed by atoms with Gasteiger partial charge in [-0.3, -0.25) is 0 Å². The molecule has 0 amide bonds. The van der Waals surface area contributed by atoms with E-state index >= 15 is 0 Å². The van der Waals surface area contributed by atoms with Crippen LogP contribution in [0, 0.1) is 0 Å². The van der Waals surface area contributed by atoms with Crippen molar-refractivity contribution >= 4 is 31.9 Å². The van der Waals surface area contributed by atoms with Crippen LogP contribution in [0.3, 0.4) is 0 Å². The number of halogens is 2. The van der Waals surface area contributed by atoms with Gasteiger partial charge in [-0.25, -0.2) is 0 Å². The van der Waals surface area contributed by atoms with Crippen molar-refractivity contribution in [2.75, 3.05) is 20.3 Å². The summed E-state index contributed by atoms with van der Waals surface area (Å²) in [4.78, 5) is 0. The highest BCUT2D eigenvalue weighted by molar-refractivity contribution is 9.11. The molecule has 0 aliphatic carbocycles. The first-order valence-corrected chi connectivity index (χ1v) is 6.11. The van der Waals surface area contributed by atoms with E-state index in [2.05, 4.69) is 37.2 Å². The predicted octanol–water partition coefficient (Wildman–Crippen LogP) is 2.30. The fourth-order valence-electron chi connectivity index (χ4n) is 1.28. The molecule has 0 bridgehead atoms. The molecule has 3 nitrogen and oxygen atoms in total. The molecular formula is C10H13Br2NO2. The molecule has 0 fully saturated rings. The number of ether oxygens (including phenoxy) is 1. The quantitative estimate of drug-likeness (QED) is 0.809. The first-order valence-electron chi connectivity index (χ1n) is 4.52. The number of aliphatic hydroxyl groups excluding tert-OH is 1. The molecule has 1 aromatic carbocycles. The van der Waals surface area contributed by atoms with Gasteiger partial charge in [-0.05, 0) is 28.1 Å². The lowest BCUT2D eigenvalue weighted by atomic mass is 10.2. The molecule has 0 spiro atoms. The third-order valence-electron chi connectivity index (χ3n) is 1.89. The van der Waals surface area contributed by atoms with E-state index in [9.17, 15) is 0 Å². The summed E-state index contributed by atoms with van der Waals surface area (Å²) in [6, 6.07) is 3.93. The topological polar surface area (TPSA) is 41.5 Å². The van der Waals surface area contributed by atoms with Crippen LogP contribution < -0.4 is 10.1 Å². The van der Waals surface area contributed by atoms with Crippen LogP contribution in [-0.2, 0) is 6.54 Å². The summed E-state index contributed by atoms with van der Waals surface area (Å²) in [5.41, 5.74) is 1.05. The minimum absolute atomic E-state index is 0.136. The number of nitrogens with one attached hydrogen (secondary N) is 1. The summed E-state index contributed by atoms with van der Waals surface area (Å²) in [7, 11) is 1.64. The van der Waals surface area contributed by atoms with E-state index in [0.29, 0.717) is 13.1 Å². The summed E-state index contributed by atoms with van der Waals surface area (Å²) >= 11 is 6.86. The van der Waals surface area contributed by atoms with E-state index in [-0.39, 0.29) is 6.61 Å². The van der Waals surface area contributed by atoms with Crippen LogP contribution in [0.2, 0.25) is 0 Å². The van der Waals surface area contributed by atoms with Crippen LogP contribution in [0.25, 0.3) is 0 Å². The van der Waals surface area contributed by atoms with Crippen LogP contribution in [0.15, 0.2) is 21.1 Å². The van der Waals surface area contributed by atoms with Gasteiger partial charge in [0, 0.05) is 23.1 Å². The Morgan fingerprint density at radius 2 is 2.13 bits per heavy atom. The molecule has 0 saturated heterocycles. The second-order valence-electron chi connectivity index (χ2n) is 2.98. The number of hydrogen-bond donors (Lipinski definition) is 2. The average Bonchev–Trinajstić information content (AvgIpc) is 2.17. The van der Waals surface area contributed by atoms with Crippen molar-refractivity contribution in [2.45, 2.75) is 6.54 Å². The van der Waals surface area contributed by atoms with E-state index in [1.165, 1.54) is 0 Å². The molecule has 0 radical (unpaired) electrons. The van der Waals surface area contributed by atoms with Crippen molar-refractivity contribution in [1.82, 2.24) is 5.32 Å². The Kier molecular flexibility index (Phi) is 5.60. The summed E-state index contributed by atoms with van der Waals surface area (Å²) in [5, 5.41) is 11.8. The van der Waals surface area contributed by atoms with Crippen LogP contribution in [0.4, 0.5) is 0 Å². The van der Waals surface area contributed by atoms with Gasteiger partial charge in [0.2, 0.25) is 0 Å². The van der Waals surface area contributed by atoms with Crippen LogP contribution in [-0.4, -0.2) is 25.4 Å². The molecule has 15 heavy (non-hydrogen) atoms. The van der Waals surface area contributed by atoms with E-state index in [4.69, 9.17) is 9.84 Å². The second-order valence-corrected chi connectivity index (χ2v) is 4.75. The Labute approximate surface area is 106 Å². The minimum Gasteiger partial charge on any atom is -0.495 e. The molecule has 0 heterocycles. The Hall–Kier alpha value is -0.100. The third kappa shape index (κ3) is 3.75. The number of aliphatic hydroxyl groups is 1. The van der Waals surface area contributed by atoms with Gasteiger partial charge in [-0.15, -0.1) is 0 Å². The van der Waals surface area contributed by atoms with Gasteiger partial charge < -0.3 is 15.2 Å². The normalized spacial score (nSPS) is 10.4. The van der Waals surface area contributed by atoms with E-state index in [1.807, 2.05) is 12.1 Å². The molecular weight excluding hydrogens is 326 g/mol. The smallest absolute Gasteiger partial charge is 0.137 e. The van der Waals surface area contributed by atoms with Crippen LogP contribution in [0.5, 0.6) is 5.75 Å². The predicted molar refractivity (Wildman–Crippen MR) is 67.2 cm³/mol. The minimum atomic E-state index is 0.136. The SMILES string of the molecule is COc1c(Br)cc(Br)cc1CNCCO. The van der Waals surface area contributed by atoms with Crippen LogP contribution in [0.1, 0.15) is 5.56 Å². The van der Waals surface area contributed by atoms with Gasteiger partial charge >= 0.3 is 0 Å². The lowest BCUT2D eigenvalue weighted by Crippen LogP contribution is -2.18. The number of hydrogen-bond acceptors (Lipinski definition) is 3. The highest BCUT2D eigenvalue weighted by Gasteiger charge is 2.08. The zero-order valence-corrected chi connectivity index (χ0v) is 11.6. The molecule has 5 heteroatoms. The maximum Gasteiger partial charge on any atom is 0.137 e. The molecule has 0 aliphatic rings.